The highest BCUT2D eigenvalue weighted by molar-refractivity contribution is 9.10. The predicted molar refractivity (Wildman–Crippen MR) is 77.5 cm³/mol. The highest BCUT2D eigenvalue weighted by Crippen LogP contribution is 2.43. The van der Waals surface area contributed by atoms with Crippen molar-refractivity contribution in [2.75, 3.05) is 25.0 Å². The van der Waals surface area contributed by atoms with Crippen LogP contribution in [0.15, 0.2) is 22.7 Å². The molecule has 1 N–H and O–H groups in total. The molecule has 0 spiro atoms. The number of nitrogens with one attached hydrogen (secondary N) is 1. The highest BCUT2D eigenvalue weighted by Gasteiger charge is 2.39. The molecule has 2 aliphatic rings. The molecule has 1 aromatic carbocycles. The molecule has 102 valence electrons. The molecule has 2 atom stereocenters. The predicted octanol–water partition coefficient (Wildman–Crippen LogP) is 3.19. The first-order chi connectivity index (χ1) is 9.20. The van der Waals surface area contributed by atoms with Crippen LogP contribution in [0.25, 0.3) is 0 Å². The number of hydrogen-bond donors (Lipinski definition) is 1. The van der Waals surface area contributed by atoms with Crippen LogP contribution in [0.3, 0.4) is 0 Å². The van der Waals surface area contributed by atoms with Crippen molar-refractivity contribution in [3.63, 3.8) is 0 Å². The van der Waals surface area contributed by atoms with Gasteiger partial charge in [0.2, 0.25) is 0 Å². The van der Waals surface area contributed by atoms with Crippen LogP contribution < -0.4 is 5.32 Å². The Kier molecular flexibility index (Phi) is 3.39. The maximum absolute atomic E-state index is 11.8. The van der Waals surface area contributed by atoms with E-state index in [2.05, 4.69) is 33.4 Å². The molecular formula is C14H17BrN2O2. The van der Waals surface area contributed by atoms with E-state index in [4.69, 9.17) is 4.74 Å². The Labute approximate surface area is 121 Å². The van der Waals surface area contributed by atoms with E-state index in [1.807, 2.05) is 17.9 Å². The van der Waals surface area contributed by atoms with E-state index in [0.29, 0.717) is 18.6 Å². The molecule has 0 aliphatic carbocycles. The van der Waals surface area contributed by atoms with E-state index < -0.39 is 0 Å². The van der Waals surface area contributed by atoms with Crippen molar-refractivity contribution in [2.24, 2.45) is 0 Å². The van der Waals surface area contributed by atoms with Gasteiger partial charge < -0.3 is 15.0 Å². The van der Waals surface area contributed by atoms with Gasteiger partial charge in [-0.1, -0.05) is 12.1 Å². The molecule has 1 saturated heterocycles. The van der Waals surface area contributed by atoms with Gasteiger partial charge in [-0.05, 0) is 40.9 Å². The third kappa shape index (κ3) is 2.20. The van der Waals surface area contributed by atoms with Gasteiger partial charge in [-0.3, -0.25) is 0 Å². The molecule has 1 unspecified atom stereocenters. The molecule has 2 aliphatic heterocycles. The smallest absolute Gasteiger partial charge is 0.409 e. The lowest BCUT2D eigenvalue weighted by atomic mass is 9.89. The number of likely N-dealkylation sites (tertiary alicyclic amines) is 1. The summed E-state index contributed by atoms with van der Waals surface area (Å²) < 4.78 is 6.20. The monoisotopic (exact) mass is 324 g/mol. The molecule has 5 heteroatoms. The molecular weight excluding hydrogens is 308 g/mol. The molecule has 19 heavy (non-hydrogen) atoms. The minimum Gasteiger partial charge on any atom is -0.450 e. The SMILES string of the molecule is CCOC(=O)N1CCC2Nc3c(Br)cccc3[C@@H]2C1. The number of carbonyl (C=O) groups is 1. The van der Waals surface area contributed by atoms with Crippen LogP contribution in [0.4, 0.5) is 10.5 Å². The van der Waals surface area contributed by atoms with Crippen LogP contribution in [0, 0.1) is 0 Å². The lowest BCUT2D eigenvalue weighted by molar-refractivity contribution is 0.0949. The number of benzene rings is 1. The highest BCUT2D eigenvalue weighted by atomic mass is 79.9. The van der Waals surface area contributed by atoms with Crippen molar-refractivity contribution in [1.82, 2.24) is 4.90 Å². The Hall–Kier alpha value is -1.23. The summed E-state index contributed by atoms with van der Waals surface area (Å²) in [5.41, 5.74) is 2.48. The van der Waals surface area contributed by atoms with Crippen LogP contribution in [0.2, 0.25) is 0 Å². The molecule has 0 bridgehead atoms. The largest absolute Gasteiger partial charge is 0.450 e. The van der Waals surface area contributed by atoms with Gasteiger partial charge in [-0.2, -0.15) is 0 Å². The number of para-hydroxylation sites is 1. The molecule has 0 radical (unpaired) electrons. The molecule has 4 nitrogen and oxygen atoms in total. The number of rotatable bonds is 1. The number of piperidine rings is 1. The normalized spacial score (nSPS) is 24.4. The van der Waals surface area contributed by atoms with Gasteiger partial charge in [0.15, 0.2) is 0 Å². The Balaban J connectivity index is 1.81. The van der Waals surface area contributed by atoms with Gasteiger partial charge in [-0.15, -0.1) is 0 Å². The fourth-order valence-corrected chi connectivity index (χ4v) is 3.50. The van der Waals surface area contributed by atoms with E-state index in [0.717, 1.165) is 24.0 Å². The number of ether oxygens (including phenoxy) is 1. The van der Waals surface area contributed by atoms with E-state index in [-0.39, 0.29) is 6.09 Å². The molecule has 2 heterocycles. The van der Waals surface area contributed by atoms with Crippen LogP contribution in [-0.4, -0.2) is 36.7 Å². The molecule has 1 amide bonds. The number of anilines is 1. The summed E-state index contributed by atoms with van der Waals surface area (Å²) in [6.45, 7) is 3.77. The second-order valence-electron chi connectivity index (χ2n) is 4.99. The van der Waals surface area contributed by atoms with E-state index in [1.54, 1.807) is 0 Å². The van der Waals surface area contributed by atoms with Crippen LogP contribution >= 0.6 is 15.9 Å². The van der Waals surface area contributed by atoms with Gasteiger partial charge >= 0.3 is 6.09 Å². The maximum atomic E-state index is 11.8. The number of halogens is 1. The molecule has 3 rings (SSSR count). The van der Waals surface area contributed by atoms with Crippen molar-refractivity contribution < 1.29 is 9.53 Å². The summed E-state index contributed by atoms with van der Waals surface area (Å²) in [7, 11) is 0. The zero-order chi connectivity index (χ0) is 13.4. The fourth-order valence-electron chi connectivity index (χ4n) is 3.01. The van der Waals surface area contributed by atoms with Crippen molar-refractivity contribution in [3.8, 4) is 0 Å². The van der Waals surface area contributed by atoms with Crippen molar-refractivity contribution in [3.05, 3.63) is 28.2 Å². The minimum absolute atomic E-state index is 0.190. The first-order valence-electron chi connectivity index (χ1n) is 6.67. The fraction of sp³-hybridized carbons (Fsp3) is 0.500. The Morgan fingerprint density at radius 3 is 3.21 bits per heavy atom. The topological polar surface area (TPSA) is 41.6 Å². The van der Waals surface area contributed by atoms with E-state index in [1.165, 1.54) is 11.3 Å². The first-order valence-corrected chi connectivity index (χ1v) is 7.46. The van der Waals surface area contributed by atoms with Gasteiger partial charge in [0.05, 0.1) is 12.3 Å². The van der Waals surface area contributed by atoms with Gasteiger partial charge in [0.25, 0.3) is 0 Å². The molecule has 0 aromatic heterocycles. The molecule has 1 aromatic rings. The molecule has 0 saturated carbocycles. The van der Waals surface area contributed by atoms with E-state index >= 15 is 0 Å². The van der Waals surface area contributed by atoms with E-state index in [9.17, 15) is 4.79 Å². The summed E-state index contributed by atoms with van der Waals surface area (Å²) >= 11 is 3.58. The lowest BCUT2D eigenvalue weighted by Crippen LogP contribution is -2.45. The average Bonchev–Trinajstić information content (AvgIpc) is 2.78. The van der Waals surface area contributed by atoms with Gasteiger partial charge in [0, 0.05) is 29.5 Å². The summed E-state index contributed by atoms with van der Waals surface area (Å²) in [5.74, 6) is 0.366. The zero-order valence-electron chi connectivity index (χ0n) is 10.9. The summed E-state index contributed by atoms with van der Waals surface area (Å²) in [5, 5.41) is 3.57. The van der Waals surface area contributed by atoms with Crippen molar-refractivity contribution in [1.29, 1.82) is 0 Å². The number of amides is 1. The number of fused-ring (bicyclic) bond motifs is 3. The third-order valence-electron chi connectivity index (χ3n) is 3.91. The Bertz CT molecular complexity index is 506. The van der Waals surface area contributed by atoms with Crippen LogP contribution in [-0.2, 0) is 4.74 Å². The van der Waals surface area contributed by atoms with Gasteiger partial charge in [0.1, 0.15) is 0 Å². The summed E-state index contributed by atoms with van der Waals surface area (Å²) in [6.07, 6.45) is 0.773. The molecule has 1 fully saturated rings. The number of carbonyl (C=O) groups excluding carboxylic acids is 1. The van der Waals surface area contributed by atoms with Crippen molar-refractivity contribution in [2.45, 2.75) is 25.3 Å². The number of nitrogens with zero attached hydrogens (tertiary/aromatic N) is 1. The summed E-state index contributed by atoms with van der Waals surface area (Å²) in [6, 6.07) is 6.67. The number of hydrogen-bond acceptors (Lipinski definition) is 3. The van der Waals surface area contributed by atoms with Crippen LogP contribution in [0.5, 0.6) is 0 Å². The van der Waals surface area contributed by atoms with Crippen LogP contribution in [0.1, 0.15) is 24.8 Å². The minimum atomic E-state index is -0.190. The second kappa shape index (κ2) is 5.04. The standard InChI is InChI=1S/C14H17BrN2O2/c1-2-19-14(18)17-7-6-12-10(8-17)9-4-3-5-11(15)13(9)16-12/h3-5,10,12,16H,2,6-8H2,1H3/t10-,12?/m0/s1. The average molecular weight is 325 g/mol. The summed E-state index contributed by atoms with van der Waals surface area (Å²) in [4.78, 5) is 13.7. The maximum Gasteiger partial charge on any atom is 0.409 e. The Morgan fingerprint density at radius 1 is 1.58 bits per heavy atom. The quantitative estimate of drug-likeness (QED) is 0.862. The van der Waals surface area contributed by atoms with Crippen molar-refractivity contribution >= 4 is 27.7 Å². The first kappa shape index (κ1) is 12.8. The zero-order valence-corrected chi connectivity index (χ0v) is 12.4. The van der Waals surface area contributed by atoms with Gasteiger partial charge in [-0.25, -0.2) is 4.79 Å². The third-order valence-corrected chi connectivity index (χ3v) is 4.57. The Morgan fingerprint density at radius 2 is 2.42 bits per heavy atom. The lowest BCUT2D eigenvalue weighted by Gasteiger charge is -2.34. The second-order valence-corrected chi connectivity index (χ2v) is 5.85.